The molecule has 2 saturated heterocycles. The molecule has 4 heterocycles. The number of piperidine rings is 2. The van der Waals surface area contributed by atoms with Crippen LogP contribution in [0.1, 0.15) is 38.5 Å². The molecule has 0 atom stereocenters. The van der Waals surface area contributed by atoms with Crippen LogP contribution < -0.4 is 14.5 Å². The first-order chi connectivity index (χ1) is 16.8. The number of rotatable bonds is 4. The van der Waals surface area contributed by atoms with Crippen LogP contribution in [0.2, 0.25) is 0 Å². The second-order valence-corrected chi connectivity index (χ2v) is 10.9. The summed E-state index contributed by atoms with van der Waals surface area (Å²) < 4.78 is 30.5. The lowest BCUT2D eigenvalue weighted by Gasteiger charge is -2.35. The molecule has 11 heteroatoms. The summed E-state index contributed by atoms with van der Waals surface area (Å²) in [6.45, 7) is 2.32. The molecular weight excluding hydrogens is 520 g/mol. The van der Waals surface area contributed by atoms with Gasteiger partial charge in [0, 0.05) is 43.5 Å². The predicted molar refractivity (Wildman–Crippen MR) is 131 cm³/mol. The van der Waals surface area contributed by atoms with Crippen LogP contribution in [-0.4, -0.2) is 52.1 Å². The third kappa shape index (κ3) is 4.57. The van der Waals surface area contributed by atoms with E-state index in [2.05, 4.69) is 42.2 Å². The van der Waals surface area contributed by atoms with Gasteiger partial charge in [-0.15, -0.1) is 5.10 Å². The normalized spacial score (nSPS) is 20.9. The molecule has 0 unspecified atom stereocenters. The van der Waals surface area contributed by atoms with Gasteiger partial charge in [0.15, 0.2) is 11.5 Å². The lowest BCUT2D eigenvalue weighted by molar-refractivity contribution is -0.604. The Balaban J connectivity index is 1.28. The van der Waals surface area contributed by atoms with E-state index < -0.39 is 5.92 Å². The van der Waals surface area contributed by atoms with Crippen molar-refractivity contribution >= 4 is 27.4 Å². The zero-order valence-electron chi connectivity index (χ0n) is 19.2. The average molecular weight is 546 g/mol. The standard InChI is InChI=1S/C24H26BrF2N7O/c25-17-1-2-20(21(13-17)31-9-5-23(3-4-23)6-10-31)34-15-19(29-30-34)18-14-33(35)16-22(28-18)32-11-7-24(26,27)8-12-32/h1-2,13-16H,3-12H2. The van der Waals surface area contributed by atoms with E-state index in [0.29, 0.717) is 27.4 Å². The zero-order chi connectivity index (χ0) is 24.2. The number of halogens is 3. The van der Waals surface area contributed by atoms with Crippen molar-refractivity contribution in [1.29, 1.82) is 0 Å². The highest BCUT2D eigenvalue weighted by atomic mass is 79.9. The number of benzene rings is 1. The van der Waals surface area contributed by atoms with Gasteiger partial charge in [0.2, 0.25) is 12.4 Å². The van der Waals surface area contributed by atoms with E-state index >= 15 is 0 Å². The van der Waals surface area contributed by atoms with Crippen LogP contribution in [0.5, 0.6) is 0 Å². The zero-order valence-corrected chi connectivity index (χ0v) is 20.8. The molecule has 0 amide bonds. The first-order valence-electron chi connectivity index (χ1n) is 12.0. The Kier molecular flexibility index (Phi) is 5.43. The molecule has 0 radical (unpaired) electrons. The van der Waals surface area contributed by atoms with Gasteiger partial charge in [0.05, 0.1) is 17.6 Å². The number of anilines is 2. The van der Waals surface area contributed by atoms with Crippen LogP contribution in [0.25, 0.3) is 17.1 Å². The van der Waals surface area contributed by atoms with Crippen LogP contribution in [0.15, 0.2) is 41.3 Å². The third-order valence-corrected chi connectivity index (χ3v) is 8.10. The van der Waals surface area contributed by atoms with Gasteiger partial charge < -0.3 is 15.0 Å². The Morgan fingerprint density at radius 3 is 2.31 bits per heavy atom. The molecule has 0 bridgehead atoms. The lowest BCUT2D eigenvalue weighted by Crippen LogP contribution is -2.41. The minimum absolute atomic E-state index is 0.148. The summed E-state index contributed by atoms with van der Waals surface area (Å²) in [7, 11) is 0. The number of hydrogen-bond acceptors (Lipinski definition) is 6. The maximum atomic E-state index is 13.6. The maximum absolute atomic E-state index is 13.6. The molecule has 6 rings (SSSR count). The first-order valence-corrected chi connectivity index (χ1v) is 12.8. The molecule has 8 nitrogen and oxygen atoms in total. The Labute approximate surface area is 210 Å². The SMILES string of the molecule is [O-][n+]1cc(-c2cn(-c3ccc(Br)cc3N3CCC4(CC3)CC4)nn2)nc(N2CCC(F)(F)CC2)c1. The van der Waals surface area contributed by atoms with Crippen molar-refractivity contribution in [2.24, 2.45) is 5.41 Å². The number of hydrogen-bond donors (Lipinski definition) is 0. The van der Waals surface area contributed by atoms with E-state index in [4.69, 9.17) is 0 Å². The van der Waals surface area contributed by atoms with E-state index in [0.717, 1.165) is 28.9 Å². The van der Waals surface area contributed by atoms with Crippen molar-refractivity contribution in [3.63, 3.8) is 0 Å². The Morgan fingerprint density at radius 2 is 1.60 bits per heavy atom. The summed E-state index contributed by atoms with van der Waals surface area (Å²) in [5.41, 5.74) is 3.37. The van der Waals surface area contributed by atoms with Gasteiger partial charge in [-0.2, -0.15) is 4.73 Å². The molecule has 0 N–H and O–H groups in total. The number of alkyl halides is 2. The summed E-state index contributed by atoms with van der Waals surface area (Å²) in [6, 6.07) is 6.09. The first kappa shape index (κ1) is 22.6. The van der Waals surface area contributed by atoms with Crippen molar-refractivity contribution in [3.05, 3.63) is 46.5 Å². The van der Waals surface area contributed by atoms with Gasteiger partial charge in [0.25, 0.3) is 5.92 Å². The number of nitrogens with zero attached hydrogens (tertiary/aromatic N) is 7. The molecule has 1 spiro atoms. The van der Waals surface area contributed by atoms with Crippen LogP contribution in [-0.2, 0) is 0 Å². The van der Waals surface area contributed by atoms with Crippen molar-refractivity contribution in [1.82, 2.24) is 20.0 Å². The molecule has 3 aliphatic rings. The molecule has 1 aromatic carbocycles. The maximum Gasteiger partial charge on any atom is 0.251 e. The van der Waals surface area contributed by atoms with E-state index in [9.17, 15) is 14.0 Å². The van der Waals surface area contributed by atoms with Crippen LogP contribution in [0, 0.1) is 10.6 Å². The summed E-state index contributed by atoms with van der Waals surface area (Å²) in [6.07, 6.45) is 9.03. The summed E-state index contributed by atoms with van der Waals surface area (Å²) in [5, 5.41) is 20.9. The largest absolute Gasteiger partial charge is 0.619 e. The van der Waals surface area contributed by atoms with E-state index in [1.54, 1.807) is 15.8 Å². The van der Waals surface area contributed by atoms with Gasteiger partial charge in [-0.05, 0) is 49.3 Å². The second-order valence-electron chi connectivity index (χ2n) is 9.98. The Hall–Kier alpha value is -2.82. The molecular formula is C24H26BrF2N7O. The smallest absolute Gasteiger partial charge is 0.251 e. The van der Waals surface area contributed by atoms with Crippen molar-refractivity contribution in [2.45, 2.75) is 44.4 Å². The van der Waals surface area contributed by atoms with E-state index in [1.807, 2.05) is 12.1 Å². The predicted octanol–water partition coefficient (Wildman–Crippen LogP) is 4.34. The quantitative estimate of drug-likeness (QED) is 0.358. The van der Waals surface area contributed by atoms with E-state index in [1.165, 1.54) is 38.1 Å². The van der Waals surface area contributed by atoms with Gasteiger partial charge in [0.1, 0.15) is 5.69 Å². The molecule has 2 aliphatic heterocycles. The Morgan fingerprint density at radius 1 is 0.886 bits per heavy atom. The van der Waals surface area contributed by atoms with Gasteiger partial charge in [-0.25, -0.2) is 18.4 Å². The van der Waals surface area contributed by atoms with Gasteiger partial charge in [-0.3, -0.25) is 0 Å². The molecule has 35 heavy (non-hydrogen) atoms. The Bertz CT molecular complexity index is 1240. The molecule has 1 saturated carbocycles. The lowest BCUT2D eigenvalue weighted by atomic mass is 9.93. The van der Waals surface area contributed by atoms with Crippen molar-refractivity contribution in [3.8, 4) is 17.1 Å². The molecule has 1 aliphatic carbocycles. The summed E-state index contributed by atoms with van der Waals surface area (Å²) in [4.78, 5) is 8.68. The molecule has 2 aromatic heterocycles. The fraction of sp³-hybridized carbons (Fsp3) is 0.500. The monoisotopic (exact) mass is 545 g/mol. The average Bonchev–Trinajstić information content (AvgIpc) is 3.39. The third-order valence-electron chi connectivity index (χ3n) is 7.61. The highest BCUT2D eigenvalue weighted by molar-refractivity contribution is 9.10. The van der Waals surface area contributed by atoms with Crippen molar-refractivity contribution < 1.29 is 13.5 Å². The van der Waals surface area contributed by atoms with Gasteiger partial charge >= 0.3 is 0 Å². The molecule has 3 fully saturated rings. The highest BCUT2D eigenvalue weighted by Gasteiger charge is 2.44. The molecule has 3 aromatic rings. The van der Waals surface area contributed by atoms with Crippen molar-refractivity contribution in [2.75, 3.05) is 36.0 Å². The van der Waals surface area contributed by atoms with Gasteiger partial charge in [-0.1, -0.05) is 21.1 Å². The summed E-state index contributed by atoms with van der Waals surface area (Å²) >= 11 is 3.60. The van der Waals surface area contributed by atoms with Crippen LogP contribution in [0.4, 0.5) is 20.3 Å². The summed E-state index contributed by atoms with van der Waals surface area (Å²) in [5.74, 6) is -2.30. The topological polar surface area (TPSA) is 77.0 Å². The fourth-order valence-electron chi connectivity index (χ4n) is 5.13. The van der Waals surface area contributed by atoms with E-state index in [-0.39, 0.29) is 25.9 Å². The minimum atomic E-state index is -2.67. The fourth-order valence-corrected chi connectivity index (χ4v) is 5.48. The number of aromatic nitrogens is 5. The van der Waals surface area contributed by atoms with Crippen LogP contribution in [0.3, 0.4) is 0 Å². The van der Waals surface area contributed by atoms with Crippen LogP contribution >= 0.6 is 15.9 Å². The molecule has 184 valence electrons. The minimum Gasteiger partial charge on any atom is -0.619 e. The second kappa shape index (κ2) is 8.39. The highest BCUT2D eigenvalue weighted by Crippen LogP contribution is 2.54.